The highest BCUT2D eigenvalue weighted by Crippen LogP contribution is 2.19. The molecule has 0 unspecified atom stereocenters. The molecule has 0 saturated heterocycles. The molecule has 0 aliphatic rings. The maximum Gasteiger partial charge on any atom is 0.245 e. The van der Waals surface area contributed by atoms with E-state index in [4.69, 9.17) is 23.8 Å². The smallest absolute Gasteiger partial charge is 0.245 e. The molecule has 0 aromatic carbocycles. The van der Waals surface area contributed by atoms with E-state index in [0.717, 1.165) is 32.1 Å². The van der Waals surface area contributed by atoms with Gasteiger partial charge in [-0.15, -0.1) is 12.3 Å². The van der Waals surface area contributed by atoms with Gasteiger partial charge in [0.2, 0.25) is 17.7 Å². The second kappa shape index (κ2) is 16.4. The summed E-state index contributed by atoms with van der Waals surface area (Å²) < 4.78 is 0. The van der Waals surface area contributed by atoms with E-state index in [-0.39, 0.29) is 24.2 Å². The van der Waals surface area contributed by atoms with E-state index >= 15 is 0 Å². The van der Waals surface area contributed by atoms with Crippen LogP contribution in [0.5, 0.6) is 0 Å². The summed E-state index contributed by atoms with van der Waals surface area (Å²) in [5, 5.41) is 2.70. The Hall–Kier alpha value is -2.26. The summed E-state index contributed by atoms with van der Waals surface area (Å²) in [6, 6.07) is -1.44. The summed E-state index contributed by atoms with van der Waals surface area (Å²) in [4.78, 5) is 37.7. The van der Waals surface area contributed by atoms with E-state index in [0.29, 0.717) is 12.3 Å². The van der Waals surface area contributed by atoms with Gasteiger partial charge in [-0.3, -0.25) is 14.4 Å². The molecule has 0 aromatic rings. The fourth-order valence-corrected chi connectivity index (χ4v) is 3.71. The molecule has 7 heteroatoms. The molecule has 0 fully saturated rings. The summed E-state index contributed by atoms with van der Waals surface area (Å²) in [7, 11) is 1.53. The summed E-state index contributed by atoms with van der Waals surface area (Å²) in [6.07, 6.45) is 14.8. The van der Waals surface area contributed by atoms with E-state index in [1.807, 2.05) is 19.9 Å². The van der Waals surface area contributed by atoms with Crippen LogP contribution in [0, 0.1) is 24.2 Å². The number of carbonyl (C=O) groups excluding carboxylic acids is 3. The number of carbonyl (C=O) groups is 3. The molecule has 3 amide bonds. The van der Waals surface area contributed by atoms with Crippen LogP contribution in [0.4, 0.5) is 0 Å². The van der Waals surface area contributed by atoms with Gasteiger partial charge in [-0.2, -0.15) is 0 Å². The lowest BCUT2D eigenvalue weighted by atomic mass is 9.98. The summed E-state index contributed by atoms with van der Waals surface area (Å²) in [5.41, 5.74) is 8.28. The predicted molar refractivity (Wildman–Crippen MR) is 132 cm³/mol. The Morgan fingerprint density at radius 1 is 1.16 bits per heavy atom. The van der Waals surface area contributed by atoms with E-state index in [1.54, 1.807) is 12.5 Å². The fraction of sp³-hybridized carbons (Fsp3) is 0.640. The number of amides is 3. The lowest BCUT2D eigenvalue weighted by Crippen LogP contribution is -2.54. The van der Waals surface area contributed by atoms with Crippen LogP contribution in [-0.4, -0.2) is 41.8 Å². The first-order valence-electron chi connectivity index (χ1n) is 11.3. The monoisotopic (exact) mass is 465 g/mol. The minimum atomic E-state index is -0.730. The Labute approximate surface area is 199 Å². The molecule has 180 valence electrons. The molecule has 0 aromatic heterocycles. The van der Waals surface area contributed by atoms with E-state index in [9.17, 15) is 14.4 Å². The van der Waals surface area contributed by atoms with Gasteiger partial charge in [0, 0.05) is 25.4 Å². The maximum atomic E-state index is 12.5. The second-order valence-corrected chi connectivity index (χ2v) is 8.86. The van der Waals surface area contributed by atoms with Crippen LogP contribution >= 0.6 is 11.6 Å². The molecule has 0 aliphatic carbocycles. The Morgan fingerprint density at radius 3 is 2.34 bits per heavy atom. The maximum absolute atomic E-state index is 12.5. The van der Waals surface area contributed by atoms with Crippen LogP contribution in [0.15, 0.2) is 23.3 Å². The van der Waals surface area contributed by atoms with Crippen molar-refractivity contribution in [1.29, 1.82) is 0 Å². The summed E-state index contributed by atoms with van der Waals surface area (Å²) in [6.45, 7) is 7.38. The lowest BCUT2D eigenvalue weighted by molar-refractivity contribution is -0.141. The molecule has 0 radical (unpaired) electrons. The van der Waals surface area contributed by atoms with Gasteiger partial charge >= 0.3 is 0 Å². The zero-order valence-electron chi connectivity index (χ0n) is 20.2. The van der Waals surface area contributed by atoms with Crippen LogP contribution < -0.4 is 11.1 Å². The average Bonchev–Trinajstić information content (AvgIpc) is 2.72. The van der Waals surface area contributed by atoms with Crippen LogP contribution in [0.1, 0.15) is 72.6 Å². The highest BCUT2D eigenvalue weighted by Gasteiger charge is 2.30. The third-order valence-corrected chi connectivity index (χ3v) is 5.64. The molecule has 0 heterocycles. The number of primary amides is 1. The van der Waals surface area contributed by atoms with Crippen molar-refractivity contribution in [2.45, 2.75) is 84.7 Å². The van der Waals surface area contributed by atoms with Crippen molar-refractivity contribution in [1.82, 2.24) is 10.2 Å². The molecule has 0 spiro atoms. The molecule has 32 heavy (non-hydrogen) atoms. The predicted octanol–water partition coefficient (Wildman–Crippen LogP) is 4.14. The SMILES string of the molecule is C#CCCC/C(=C/Cl)CC[C@@H](C)/C=C\CCC(=O)N[C@H](C)C(=O)N(C)[C@H](C(N)=O)C(C)C. The normalized spacial score (nSPS) is 14.6. The molecule has 6 nitrogen and oxygen atoms in total. The van der Waals surface area contributed by atoms with Crippen molar-refractivity contribution >= 4 is 29.3 Å². The highest BCUT2D eigenvalue weighted by atomic mass is 35.5. The number of terminal acetylenes is 1. The second-order valence-electron chi connectivity index (χ2n) is 8.64. The third kappa shape index (κ3) is 12.0. The number of hydrogen-bond acceptors (Lipinski definition) is 3. The Bertz CT molecular complexity index is 710. The van der Waals surface area contributed by atoms with Crippen molar-refractivity contribution in [3.63, 3.8) is 0 Å². The fourth-order valence-electron chi connectivity index (χ4n) is 3.49. The van der Waals surface area contributed by atoms with Gasteiger partial charge in [-0.1, -0.05) is 50.1 Å². The molecule has 0 rings (SSSR count). The zero-order chi connectivity index (χ0) is 24.7. The van der Waals surface area contributed by atoms with Gasteiger partial charge in [0.1, 0.15) is 12.1 Å². The molecule has 0 bridgehead atoms. The third-order valence-electron chi connectivity index (χ3n) is 5.33. The standard InChI is InChI=1S/C25H40ClN3O3/c1-7-8-9-13-21(17-26)16-15-19(4)12-10-11-14-22(30)28-20(5)25(32)29(6)23(18(2)3)24(27)31/h1,10,12,17-20,23H,8-9,11,13-16H2,2-6H3,(H2,27,31)(H,28,30)/b12-10-,21-17-/t19-,20+,23-/m0/s1. The number of likely N-dealkylation sites (N-methyl/N-ethyl adjacent to an activating group) is 1. The average molecular weight is 466 g/mol. The number of nitrogens with one attached hydrogen (secondary N) is 1. The number of halogens is 1. The zero-order valence-corrected chi connectivity index (χ0v) is 21.0. The Morgan fingerprint density at radius 2 is 1.81 bits per heavy atom. The highest BCUT2D eigenvalue weighted by molar-refractivity contribution is 6.25. The minimum absolute atomic E-state index is 0.115. The molecule has 0 saturated carbocycles. The van der Waals surface area contributed by atoms with Crippen LogP contribution in [-0.2, 0) is 14.4 Å². The number of rotatable bonds is 15. The molecule has 3 atom stereocenters. The first-order chi connectivity index (χ1) is 15.0. The van der Waals surface area contributed by atoms with Gasteiger partial charge < -0.3 is 16.0 Å². The van der Waals surface area contributed by atoms with Crippen molar-refractivity contribution < 1.29 is 14.4 Å². The van der Waals surface area contributed by atoms with Gasteiger partial charge in [-0.25, -0.2) is 0 Å². The molecular formula is C25H40ClN3O3. The van der Waals surface area contributed by atoms with Gasteiger partial charge in [0.25, 0.3) is 0 Å². The Balaban J connectivity index is 4.40. The Kier molecular flexibility index (Phi) is 15.2. The topological polar surface area (TPSA) is 92.5 Å². The van der Waals surface area contributed by atoms with Crippen LogP contribution in [0.3, 0.4) is 0 Å². The number of nitrogens with two attached hydrogens (primary N) is 1. The number of unbranched alkanes of at least 4 members (excludes halogenated alkanes) is 1. The van der Waals surface area contributed by atoms with E-state index < -0.39 is 18.0 Å². The lowest BCUT2D eigenvalue weighted by Gasteiger charge is -2.30. The summed E-state index contributed by atoms with van der Waals surface area (Å²) >= 11 is 5.90. The van der Waals surface area contributed by atoms with Crippen molar-refractivity contribution in [2.75, 3.05) is 7.05 Å². The van der Waals surface area contributed by atoms with Gasteiger partial charge in [0.05, 0.1) is 0 Å². The molecule has 0 aliphatic heterocycles. The quantitative estimate of drug-likeness (QED) is 0.216. The minimum Gasteiger partial charge on any atom is -0.368 e. The van der Waals surface area contributed by atoms with Crippen molar-refractivity contribution in [3.05, 3.63) is 23.3 Å². The first kappa shape index (κ1) is 29.7. The van der Waals surface area contributed by atoms with Crippen LogP contribution in [0.25, 0.3) is 0 Å². The van der Waals surface area contributed by atoms with Crippen molar-refractivity contribution in [2.24, 2.45) is 17.6 Å². The van der Waals surface area contributed by atoms with Crippen molar-refractivity contribution in [3.8, 4) is 12.3 Å². The molecular weight excluding hydrogens is 426 g/mol. The molecule has 3 N–H and O–H groups in total. The number of nitrogens with zero attached hydrogens (tertiary/aromatic N) is 1. The summed E-state index contributed by atoms with van der Waals surface area (Å²) in [5.74, 6) is 1.78. The van der Waals surface area contributed by atoms with E-state index in [1.165, 1.54) is 17.5 Å². The number of allylic oxidation sites excluding steroid dienone is 3. The van der Waals surface area contributed by atoms with Gasteiger partial charge in [-0.05, 0) is 50.9 Å². The van der Waals surface area contributed by atoms with Gasteiger partial charge in [0.15, 0.2) is 0 Å². The first-order valence-corrected chi connectivity index (χ1v) is 11.7. The largest absolute Gasteiger partial charge is 0.368 e. The van der Waals surface area contributed by atoms with Crippen LogP contribution in [0.2, 0.25) is 0 Å². The van der Waals surface area contributed by atoms with E-state index in [2.05, 4.69) is 24.2 Å². The number of hydrogen-bond donors (Lipinski definition) is 2.